The molecule has 1 aliphatic heterocycles. The molecule has 0 bridgehead atoms. The first-order chi connectivity index (χ1) is 14.2. The van der Waals surface area contributed by atoms with Gasteiger partial charge in [0.15, 0.2) is 10.8 Å². The predicted octanol–water partition coefficient (Wildman–Crippen LogP) is 4.13. The van der Waals surface area contributed by atoms with Gasteiger partial charge in [-0.3, -0.25) is 9.20 Å². The van der Waals surface area contributed by atoms with Gasteiger partial charge in [-0.1, -0.05) is 25.6 Å². The molecule has 0 N–H and O–H groups in total. The smallest absolute Gasteiger partial charge is 0.233 e. The second kappa shape index (κ2) is 7.87. The van der Waals surface area contributed by atoms with E-state index < -0.39 is 0 Å². The van der Waals surface area contributed by atoms with Crippen LogP contribution < -0.4 is 0 Å². The summed E-state index contributed by atoms with van der Waals surface area (Å²) in [6.07, 6.45) is 7.75. The molecule has 1 saturated heterocycles. The summed E-state index contributed by atoms with van der Waals surface area (Å²) in [7, 11) is 0. The van der Waals surface area contributed by atoms with E-state index in [1.165, 1.54) is 40.4 Å². The van der Waals surface area contributed by atoms with E-state index in [1.54, 1.807) is 0 Å². The van der Waals surface area contributed by atoms with Crippen LogP contribution in [0.3, 0.4) is 0 Å². The summed E-state index contributed by atoms with van der Waals surface area (Å²) in [5, 5.41) is 11.0. The van der Waals surface area contributed by atoms with Crippen LogP contribution in [0, 0.1) is 5.92 Å². The third-order valence-corrected chi connectivity index (χ3v) is 8.25. The highest BCUT2D eigenvalue weighted by Crippen LogP contribution is 2.39. The fourth-order valence-corrected chi connectivity index (χ4v) is 6.82. The largest absolute Gasteiger partial charge is 0.342 e. The fraction of sp³-hybridized carbons (Fsp3) is 0.619. The molecule has 1 fully saturated rings. The molecule has 4 heterocycles. The summed E-state index contributed by atoms with van der Waals surface area (Å²) in [6.45, 7) is 6.24. The Hall–Kier alpha value is -1.67. The minimum atomic E-state index is 0.209. The number of likely N-dealkylation sites (tertiary alicyclic amines) is 1. The maximum absolute atomic E-state index is 12.6. The van der Waals surface area contributed by atoms with Gasteiger partial charge in [0, 0.05) is 24.4 Å². The third-order valence-electron chi connectivity index (χ3n) is 6.19. The average Bonchev–Trinajstić information content (AvgIpc) is 3.32. The molecule has 0 aromatic carbocycles. The lowest BCUT2D eigenvalue weighted by Gasteiger charge is -2.26. The number of thiophene rings is 1. The van der Waals surface area contributed by atoms with Crippen molar-refractivity contribution in [2.24, 2.45) is 5.92 Å². The normalized spacial score (nSPS) is 19.8. The van der Waals surface area contributed by atoms with Gasteiger partial charge >= 0.3 is 0 Å². The van der Waals surface area contributed by atoms with Crippen molar-refractivity contribution in [2.45, 2.75) is 63.9 Å². The van der Waals surface area contributed by atoms with Crippen molar-refractivity contribution in [3.63, 3.8) is 0 Å². The number of nitrogens with zero attached hydrogens (tertiary/aromatic N) is 5. The van der Waals surface area contributed by atoms with Crippen LogP contribution in [-0.2, 0) is 24.1 Å². The molecular weight excluding hydrogens is 402 g/mol. The molecule has 154 valence electrons. The van der Waals surface area contributed by atoms with E-state index >= 15 is 0 Å². The average molecular weight is 430 g/mol. The highest BCUT2D eigenvalue weighted by Gasteiger charge is 2.26. The number of aryl methyl sites for hydroxylation is 2. The van der Waals surface area contributed by atoms with Crippen molar-refractivity contribution in [2.75, 3.05) is 18.8 Å². The number of piperidine rings is 1. The Morgan fingerprint density at radius 3 is 2.86 bits per heavy atom. The Morgan fingerprint density at radius 2 is 2.07 bits per heavy atom. The van der Waals surface area contributed by atoms with Gasteiger partial charge in [0.2, 0.25) is 5.91 Å². The van der Waals surface area contributed by atoms with Crippen molar-refractivity contribution < 1.29 is 4.79 Å². The van der Waals surface area contributed by atoms with Gasteiger partial charge < -0.3 is 4.90 Å². The first-order valence-corrected chi connectivity index (χ1v) is 12.5. The number of thioether (sulfide) groups is 1. The standard InChI is InChI=1S/C21H27N5OS2/c1-3-16-22-20-18(14-8-7-13(2)11-15(14)29-20)19-23-24-21(26(16)19)28-12-17(27)25-9-5-4-6-10-25/h13H,3-12H2,1-2H3. The molecule has 1 atom stereocenters. The molecule has 1 aliphatic carbocycles. The van der Waals surface area contributed by atoms with Gasteiger partial charge in [-0.25, -0.2) is 4.98 Å². The van der Waals surface area contributed by atoms with E-state index in [0.717, 1.165) is 72.6 Å². The van der Waals surface area contributed by atoms with Crippen LogP contribution in [0.5, 0.6) is 0 Å². The lowest BCUT2D eigenvalue weighted by atomic mass is 9.89. The summed E-state index contributed by atoms with van der Waals surface area (Å²) < 4.78 is 2.10. The molecule has 0 radical (unpaired) electrons. The van der Waals surface area contributed by atoms with E-state index in [4.69, 9.17) is 4.98 Å². The van der Waals surface area contributed by atoms with Gasteiger partial charge in [-0.2, -0.15) is 0 Å². The number of amides is 1. The fourth-order valence-electron chi connectivity index (χ4n) is 4.57. The Morgan fingerprint density at radius 1 is 1.24 bits per heavy atom. The number of carbonyl (C=O) groups is 1. The number of hydrogen-bond acceptors (Lipinski definition) is 6. The Labute approximate surface area is 179 Å². The molecule has 5 rings (SSSR count). The maximum atomic E-state index is 12.6. The van der Waals surface area contributed by atoms with Crippen LogP contribution in [0.15, 0.2) is 5.16 Å². The lowest BCUT2D eigenvalue weighted by molar-refractivity contribution is -0.129. The summed E-state index contributed by atoms with van der Waals surface area (Å²) in [5.41, 5.74) is 2.35. The summed E-state index contributed by atoms with van der Waals surface area (Å²) >= 11 is 3.33. The van der Waals surface area contributed by atoms with Gasteiger partial charge in [0.1, 0.15) is 10.7 Å². The first-order valence-electron chi connectivity index (χ1n) is 10.7. The minimum absolute atomic E-state index is 0.209. The van der Waals surface area contributed by atoms with Crippen LogP contribution in [0.2, 0.25) is 0 Å². The second-order valence-electron chi connectivity index (χ2n) is 8.29. The quantitative estimate of drug-likeness (QED) is 0.584. The molecule has 29 heavy (non-hydrogen) atoms. The summed E-state index contributed by atoms with van der Waals surface area (Å²) in [4.78, 5) is 22.2. The lowest BCUT2D eigenvalue weighted by Crippen LogP contribution is -2.36. The molecular formula is C21H27N5OS2. The molecule has 0 saturated carbocycles. The van der Waals surface area contributed by atoms with E-state index in [-0.39, 0.29) is 5.91 Å². The topological polar surface area (TPSA) is 63.4 Å². The van der Waals surface area contributed by atoms with Gasteiger partial charge in [0.25, 0.3) is 0 Å². The molecule has 1 amide bonds. The van der Waals surface area contributed by atoms with Crippen LogP contribution in [0.1, 0.15) is 55.8 Å². The zero-order valence-corrected chi connectivity index (χ0v) is 18.7. The molecule has 3 aromatic rings. The van der Waals surface area contributed by atoms with E-state index in [1.807, 2.05) is 16.2 Å². The van der Waals surface area contributed by atoms with Crippen LogP contribution in [-0.4, -0.2) is 49.2 Å². The number of hydrogen-bond donors (Lipinski definition) is 0. The molecule has 3 aromatic heterocycles. The Bertz CT molecular complexity index is 1070. The van der Waals surface area contributed by atoms with E-state index in [2.05, 4.69) is 28.4 Å². The number of aromatic nitrogens is 4. The maximum Gasteiger partial charge on any atom is 0.233 e. The SMILES string of the molecule is CCc1nc2sc3c(c2c2nnc(SCC(=O)N4CCCCC4)n12)CCC(C)C3. The third kappa shape index (κ3) is 3.44. The zero-order chi connectivity index (χ0) is 20.0. The van der Waals surface area contributed by atoms with E-state index in [0.29, 0.717) is 5.75 Å². The second-order valence-corrected chi connectivity index (χ2v) is 10.3. The Kier molecular flexibility index (Phi) is 5.24. The van der Waals surface area contributed by atoms with E-state index in [9.17, 15) is 4.79 Å². The first kappa shape index (κ1) is 19.3. The highest BCUT2D eigenvalue weighted by molar-refractivity contribution is 7.99. The van der Waals surface area contributed by atoms with Crippen molar-refractivity contribution in [3.8, 4) is 0 Å². The molecule has 1 unspecified atom stereocenters. The Balaban J connectivity index is 1.50. The molecule has 6 nitrogen and oxygen atoms in total. The van der Waals surface area contributed by atoms with Gasteiger partial charge in [-0.05, 0) is 50.0 Å². The number of fused-ring (bicyclic) bond motifs is 5. The van der Waals surface area contributed by atoms with Crippen molar-refractivity contribution in [3.05, 3.63) is 16.3 Å². The van der Waals surface area contributed by atoms with Crippen molar-refractivity contribution in [1.29, 1.82) is 0 Å². The zero-order valence-electron chi connectivity index (χ0n) is 17.1. The molecule has 8 heteroatoms. The van der Waals surface area contributed by atoms with Crippen LogP contribution in [0.4, 0.5) is 0 Å². The predicted molar refractivity (Wildman–Crippen MR) is 118 cm³/mol. The van der Waals surface area contributed by atoms with Crippen molar-refractivity contribution in [1.82, 2.24) is 24.5 Å². The van der Waals surface area contributed by atoms with Crippen molar-refractivity contribution >= 4 is 44.9 Å². The monoisotopic (exact) mass is 429 g/mol. The van der Waals surface area contributed by atoms with Crippen LogP contribution >= 0.6 is 23.1 Å². The summed E-state index contributed by atoms with van der Waals surface area (Å²) in [5.74, 6) is 2.35. The van der Waals surface area contributed by atoms with Crippen LogP contribution in [0.25, 0.3) is 15.9 Å². The summed E-state index contributed by atoms with van der Waals surface area (Å²) in [6, 6.07) is 0. The van der Waals surface area contributed by atoms with Gasteiger partial charge in [0.05, 0.1) is 11.1 Å². The molecule has 2 aliphatic rings. The minimum Gasteiger partial charge on any atom is -0.342 e. The number of carbonyl (C=O) groups excluding carboxylic acids is 1. The highest BCUT2D eigenvalue weighted by atomic mass is 32.2. The van der Waals surface area contributed by atoms with Gasteiger partial charge in [-0.15, -0.1) is 21.5 Å². The number of rotatable bonds is 4. The molecule has 0 spiro atoms.